The number of hydrogen-bond donors (Lipinski definition) is 0. The molecule has 1 aromatic carbocycles. The maximum Gasteiger partial charge on any atom is 0.135 e. The van der Waals surface area contributed by atoms with Crippen LogP contribution in [0, 0.1) is 5.82 Å². The lowest BCUT2D eigenvalue weighted by Gasteiger charge is -2.19. The molecule has 3 nitrogen and oxygen atoms in total. The summed E-state index contributed by atoms with van der Waals surface area (Å²) in [5, 5.41) is 0.475. The van der Waals surface area contributed by atoms with Crippen LogP contribution in [0.25, 0.3) is 0 Å². The summed E-state index contributed by atoms with van der Waals surface area (Å²) < 4.78 is 12.9. The van der Waals surface area contributed by atoms with Crippen LogP contribution in [0.1, 0.15) is 30.1 Å². The first-order valence-electron chi connectivity index (χ1n) is 6.62. The molecule has 1 aliphatic rings. The van der Waals surface area contributed by atoms with E-state index < -0.39 is 0 Å². The monoisotopic (exact) mass is 291 g/mol. The lowest BCUT2D eigenvalue weighted by Crippen LogP contribution is -2.18. The van der Waals surface area contributed by atoms with Crippen LogP contribution in [0.3, 0.4) is 0 Å². The average Bonchev–Trinajstić information content (AvgIpc) is 3.25. The molecule has 0 radical (unpaired) electrons. The van der Waals surface area contributed by atoms with Crippen molar-refractivity contribution in [1.29, 1.82) is 0 Å². The molecule has 0 amide bonds. The molecule has 0 aliphatic heterocycles. The number of hydrogen-bond acceptors (Lipinski definition) is 3. The second-order valence-corrected chi connectivity index (χ2v) is 5.55. The first kappa shape index (κ1) is 13.3. The standard InChI is InChI=1S/C15H15ClFN3/c1-20(9-10-2-6-12(17)7-3-10)14-8-13(16)18-15(19-14)11-4-5-11/h2-3,6-8,11H,4-5,9H2,1H3. The highest BCUT2D eigenvalue weighted by Crippen LogP contribution is 2.39. The maximum absolute atomic E-state index is 12.9. The summed E-state index contributed by atoms with van der Waals surface area (Å²) in [6.45, 7) is 0.651. The highest BCUT2D eigenvalue weighted by atomic mass is 35.5. The minimum Gasteiger partial charge on any atom is -0.355 e. The summed E-state index contributed by atoms with van der Waals surface area (Å²) in [7, 11) is 1.94. The van der Waals surface area contributed by atoms with Crippen molar-refractivity contribution in [3.63, 3.8) is 0 Å². The predicted molar refractivity (Wildman–Crippen MR) is 77.5 cm³/mol. The largest absolute Gasteiger partial charge is 0.355 e. The van der Waals surface area contributed by atoms with E-state index in [0.717, 1.165) is 30.0 Å². The van der Waals surface area contributed by atoms with Gasteiger partial charge in [0.25, 0.3) is 0 Å². The Morgan fingerprint density at radius 1 is 1.25 bits per heavy atom. The van der Waals surface area contributed by atoms with Crippen LogP contribution in [0.4, 0.5) is 10.2 Å². The summed E-state index contributed by atoms with van der Waals surface area (Å²) in [4.78, 5) is 10.8. The molecule has 0 atom stereocenters. The van der Waals surface area contributed by atoms with E-state index in [1.165, 1.54) is 12.1 Å². The Labute approximate surface area is 122 Å². The lowest BCUT2D eigenvalue weighted by molar-refractivity contribution is 0.627. The van der Waals surface area contributed by atoms with Crippen molar-refractivity contribution >= 4 is 17.4 Å². The van der Waals surface area contributed by atoms with Gasteiger partial charge in [-0.2, -0.15) is 0 Å². The molecule has 0 spiro atoms. The molecule has 1 heterocycles. The number of aromatic nitrogens is 2. The van der Waals surface area contributed by atoms with Crippen molar-refractivity contribution < 1.29 is 4.39 Å². The second kappa shape index (κ2) is 5.37. The first-order chi connectivity index (χ1) is 9.61. The molecule has 0 bridgehead atoms. The molecule has 0 saturated heterocycles. The van der Waals surface area contributed by atoms with Gasteiger partial charge in [-0.15, -0.1) is 0 Å². The van der Waals surface area contributed by atoms with Gasteiger partial charge in [-0.25, -0.2) is 14.4 Å². The third-order valence-corrected chi connectivity index (χ3v) is 3.56. The van der Waals surface area contributed by atoms with Gasteiger partial charge in [-0.1, -0.05) is 23.7 Å². The number of rotatable bonds is 4. The molecule has 104 valence electrons. The zero-order chi connectivity index (χ0) is 14.1. The fraction of sp³-hybridized carbons (Fsp3) is 0.333. The molecule has 1 fully saturated rings. The molecule has 1 saturated carbocycles. The van der Waals surface area contributed by atoms with Crippen LogP contribution >= 0.6 is 11.6 Å². The molecule has 3 rings (SSSR count). The van der Waals surface area contributed by atoms with Crippen LogP contribution in [0.5, 0.6) is 0 Å². The van der Waals surface area contributed by atoms with Crippen LogP contribution in [-0.2, 0) is 6.54 Å². The second-order valence-electron chi connectivity index (χ2n) is 5.16. The van der Waals surface area contributed by atoms with Gasteiger partial charge in [0.15, 0.2) is 0 Å². The smallest absolute Gasteiger partial charge is 0.135 e. The van der Waals surface area contributed by atoms with Crippen LogP contribution in [0.2, 0.25) is 5.15 Å². The van der Waals surface area contributed by atoms with Crippen LogP contribution in [-0.4, -0.2) is 17.0 Å². The summed E-state index contributed by atoms with van der Waals surface area (Å²) in [6, 6.07) is 8.24. The van der Waals surface area contributed by atoms with E-state index >= 15 is 0 Å². The normalized spacial score (nSPS) is 14.3. The van der Waals surface area contributed by atoms with Gasteiger partial charge in [-0.05, 0) is 30.5 Å². The number of benzene rings is 1. The minimum atomic E-state index is -0.225. The predicted octanol–water partition coefficient (Wildman–Crippen LogP) is 3.78. The Bertz CT molecular complexity index is 611. The van der Waals surface area contributed by atoms with Gasteiger partial charge in [0.2, 0.25) is 0 Å². The van der Waals surface area contributed by atoms with E-state index in [2.05, 4.69) is 9.97 Å². The Hall–Kier alpha value is -1.68. The van der Waals surface area contributed by atoms with E-state index in [1.54, 1.807) is 18.2 Å². The van der Waals surface area contributed by atoms with Crippen molar-refractivity contribution in [3.8, 4) is 0 Å². The molecule has 20 heavy (non-hydrogen) atoms. The summed E-state index contributed by atoms with van der Waals surface area (Å²) in [6.07, 6.45) is 2.28. The quantitative estimate of drug-likeness (QED) is 0.803. The van der Waals surface area contributed by atoms with Gasteiger partial charge in [-0.3, -0.25) is 0 Å². The van der Waals surface area contributed by atoms with E-state index in [0.29, 0.717) is 17.6 Å². The summed E-state index contributed by atoms with van der Waals surface area (Å²) >= 11 is 6.06. The van der Waals surface area contributed by atoms with Crippen molar-refractivity contribution in [1.82, 2.24) is 9.97 Å². The van der Waals surface area contributed by atoms with Gasteiger partial charge >= 0.3 is 0 Å². The first-order valence-corrected chi connectivity index (χ1v) is 6.99. The molecule has 2 aromatic rings. The van der Waals surface area contributed by atoms with Crippen LogP contribution in [0.15, 0.2) is 30.3 Å². The van der Waals surface area contributed by atoms with E-state index in [-0.39, 0.29) is 5.82 Å². The number of anilines is 1. The van der Waals surface area contributed by atoms with E-state index in [9.17, 15) is 4.39 Å². The van der Waals surface area contributed by atoms with Gasteiger partial charge in [0, 0.05) is 25.6 Å². The molecule has 1 aliphatic carbocycles. The molecule has 0 N–H and O–H groups in total. The SMILES string of the molecule is CN(Cc1ccc(F)cc1)c1cc(Cl)nc(C2CC2)n1. The summed E-state index contributed by atoms with van der Waals surface area (Å²) in [5.74, 6) is 1.87. The van der Waals surface area contributed by atoms with Gasteiger partial charge in [0.1, 0.15) is 22.6 Å². The van der Waals surface area contributed by atoms with Gasteiger partial charge < -0.3 is 4.90 Å². The maximum atomic E-state index is 12.9. The Kier molecular flexibility index (Phi) is 3.57. The zero-order valence-electron chi connectivity index (χ0n) is 11.2. The zero-order valence-corrected chi connectivity index (χ0v) is 11.9. The lowest BCUT2D eigenvalue weighted by atomic mass is 10.2. The van der Waals surface area contributed by atoms with E-state index in [4.69, 9.17) is 11.6 Å². The molecular formula is C15H15ClFN3. The average molecular weight is 292 g/mol. The Balaban J connectivity index is 1.79. The molecular weight excluding hydrogens is 277 g/mol. The van der Waals surface area contributed by atoms with Crippen molar-refractivity contribution in [2.24, 2.45) is 0 Å². The van der Waals surface area contributed by atoms with Crippen molar-refractivity contribution in [3.05, 3.63) is 52.7 Å². The number of nitrogens with zero attached hydrogens (tertiary/aromatic N) is 3. The molecule has 1 aromatic heterocycles. The Morgan fingerprint density at radius 3 is 2.60 bits per heavy atom. The third-order valence-electron chi connectivity index (χ3n) is 3.37. The van der Waals surface area contributed by atoms with Crippen LogP contribution < -0.4 is 4.90 Å². The minimum absolute atomic E-state index is 0.225. The highest BCUT2D eigenvalue weighted by Gasteiger charge is 2.27. The highest BCUT2D eigenvalue weighted by molar-refractivity contribution is 6.29. The van der Waals surface area contributed by atoms with Crippen molar-refractivity contribution in [2.45, 2.75) is 25.3 Å². The Morgan fingerprint density at radius 2 is 1.95 bits per heavy atom. The molecule has 0 unspecified atom stereocenters. The van der Waals surface area contributed by atoms with Gasteiger partial charge in [0.05, 0.1) is 0 Å². The van der Waals surface area contributed by atoms with E-state index in [1.807, 2.05) is 11.9 Å². The third kappa shape index (κ3) is 3.07. The summed E-state index contributed by atoms with van der Waals surface area (Å²) in [5.41, 5.74) is 1.02. The number of halogens is 2. The topological polar surface area (TPSA) is 29.0 Å². The fourth-order valence-electron chi connectivity index (χ4n) is 2.09. The molecule has 5 heteroatoms. The fourth-order valence-corrected chi connectivity index (χ4v) is 2.27. The van der Waals surface area contributed by atoms with Crippen molar-refractivity contribution in [2.75, 3.05) is 11.9 Å².